The van der Waals surface area contributed by atoms with E-state index < -0.39 is 8.32 Å². The summed E-state index contributed by atoms with van der Waals surface area (Å²) in [6, 6.07) is 10.1. The number of pyridine rings is 1. The number of nitrogens with zero attached hydrogens (tertiary/aromatic N) is 2. The maximum absolute atomic E-state index is 9.45. The fourth-order valence-electron chi connectivity index (χ4n) is 4.01. The molecule has 4 nitrogen and oxygen atoms in total. The van der Waals surface area contributed by atoms with Gasteiger partial charge in [0.15, 0.2) is 8.32 Å². The van der Waals surface area contributed by atoms with Crippen LogP contribution in [0.15, 0.2) is 12.1 Å². The van der Waals surface area contributed by atoms with Crippen LogP contribution in [0, 0.1) is 11.3 Å². The monoisotopic (exact) mass is 357 g/mol. The predicted molar refractivity (Wildman–Crippen MR) is 104 cm³/mol. The predicted octanol–water partition coefficient (Wildman–Crippen LogP) is 5.19. The van der Waals surface area contributed by atoms with Gasteiger partial charge in [0.05, 0.1) is 17.7 Å². The lowest BCUT2D eigenvalue weighted by molar-refractivity contribution is 0.183. The molecule has 2 fully saturated rings. The summed E-state index contributed by atoms with van der Waals surface area (Å²) in [7, 11) is -1.61. The number of anilines is 1. The van der Waals surface area contributed by atoms with Crippen LogP contribution in [-0.2, 0) is 4.43 Å². The Hall–Kier alpha value is -1.38. The second kappa shape index (κ2) is 7.88. The molecule has 0 aliphatic heterocycles. The van der Waals surface area contributed by atoms with E-state index in [1.165, 1.54) is 37.4 Å². The summed E-state index contributed by atoms with van der Waals surface area (Å²) < 4.78 is 6.76. The zero-order chi connectivity index (χ0) is 17.9. The molecule has 1 heterocycles. The van der Waals surface area contributed by atoms with Crippen molar-refractivity contribution in [3.63, 3.8) is 0 Å². The van der Waals surface area contributed by atoms with Gasteiger partial charge in [-0.1, -0.05) is 20.8 Å². The van der Waals surface area contributed by atoms with Crippen molar-refractivity contribution in [3.05, 3.63) is 23.4 Å². The van der Waals surface area contributed by atoms with Crippen molar-refractivity contribution in [1.29, 1.82) is 5.26 Å². The van der Waals surface area contributed by atoms with Crippen LogP contribution in [0.1, 0.15) is 70.1 Å². The first-order valence-electron chi connectivity index (χ1n) is 10.00. The van der Waals surface area contributed by atoms with Crippen LogP contribution < -0.4 is 5.32 Å². The Morgan fingerprint density at radius 3 is 2.48 bits per heavy atom. The summed E-state index contributed by atoms with van der Waals surface area (Å²) in [6.07, 6.45) is 6.14. The van der Waals surface area contributed by atoms with Gasteiger partial charge in [0.1, 0.15) is 11.9 Å². The lowest BCUT2D eigenvalue weighted by atomic mass is 10.1. The topological polar surface area (TPSA) is 57.9 Å². The molecule has 1 aromatic heterocycles. The highest BCUT2D eigenvalue weighted by Crippen LogP contribution is 2.40. The maximum atomic E-state index is 9.45. The van der Waals surface area contributed by atoms with Crippen LogP contribution in [0.25, 0.3) is 0 Å². The van der Waals surface area contributed by atoms with Crippen molar-refractivity contribution >= 4 is 14.1 Å². The quantitative estimate of drug-likeness (QED) is 0.651. The minimum absolute atomic E-state index is 0.268. The van der Waals surface area contributed by atoms with E-state index in [4.69, 9.17) is 9.41 Å². The third-order valence-electron chi connectivity index (χ3n) is 6.14. The summed E-state index contributed by atoms with van der Waals surface area (Å²) in [5.41, 5.74) is 1.79. The molecule has 1 aromatic rings. The van der Waals surface area contributed by atoms with Gasteiger partial charge in [-0.25, -0.2) is 4.98 Å². The van der Waals surface area contributed by atoms with Crippen LogP contribution in [0.4, 0.5) is 5.82 Å². The molecule has 2 atom stereocenters. The average molecular weight is 358 g/mol. The van der Waals surface area contributed by atoms with Crippen LogP contribution in [0.5, 0.6) is 0 Å². The lowest BCUT2D eigenvalue weighted by Crippen LogP contribution is -2.44. The third kappa shape index (κ3) is 4.07. The molecular formula is C20H31N3OSi. The van der Waals surface area contributed by atoms with Crippen molar-refractivity contribution < 1.29 is 4.43 Å². The van der Waals surface area contributed by atoms with Gasteiger partial charge >= 0.3 is 0 Å². The summed E-state index contributed by atoms with van der Waals surface area (Å²) in [5.74, 6) is 1.37. The van der Waals surface area contributed by atoms with Crippen molar-refractivity contribution in [2.45, 2.75) is 89.1 Å². The van der Waals surface area contributed by atoms with Crippen LogP contribution >= 0.6 is 0 Å². The highest BCUT2D eigenvalue weighted by atomic mass is 28.4. The molecule has 0 spiro atoms. The Bertz CT molecular complexity index is 626. The number of hydrogen-bond acceptors (Lipinski definition) is 4. The van der Waals surface area contributed by atoms with E-state index in [1.807, 2.05) is 12.1 Å². The summed E-state index contributed by atoms with van der Waals surface area (Å²) in [4.78, 5) is 4.78. The molecule has 0 saturated heterocycles. The summed E-state index contributed by atoms with van der Waals surface area (Å²) >= 11 is 0. The molecule has 136 valence electrons. The molecule has 0 radical (unpaired) electrons. The van der Waals surface area contributed by atoms with Gasteiger partial charge in [0.2, 0.25) is 0 Å². The second-order valence-electron chi connectivity index (χ2n) is 7.60. The van der Waals surface area contributed by atoms with Crippen molar-refractivity contribution in [2.75, 3.05) is 5.32 Å². The molecule has 3 rings (SSSR count). The molecule has 2 saturated carbocycles. The van der Waals surface area contributed by atoms with E-state index in [0.717, 1.165) is 24.4 Å². The van der Waals surface area contributed by atoms with Gasteiger partial charge in [-0.3, -0.25) is 0 Å². The highest BCUT2D eigenvalue weighted by molar-refractivity contribution is 6.73. The zero-order valence-electron chi connectivity index (χ0n) is 15.8. The molecule has 0 amide bonds. The van der Waals surface area contributed by atoms with Crippen molar-refractivity contribution in [2.24, 2.45) is 0 Å². The van der Waals surface area contributed by atoms with Crippen LogP contribution in [-0.4, -0.2) is 25.4 Å². The maximum Gasteiger partial charge on any atom is 0.192 e. The molecule has 0 unspecified atom stereocenters. The summed E-state index contributed by atoms with van der Waals surface area (Å²) in [5, 5.41) is 13.0. The Labute approximate surface area is 153 Å². The van der Waals surface area contributed by atoms with Gasteiger partial charge in [0.25, 0.3) is 0 Å². The van der Waals surface area contributed by atoms with E-state index in [2.05, 4.69) is 32.2 Å². The van der Waals surface area contributed by atoms with Gasteiger partial charge in [-0.05, 0) is 62.4 Å². The second-order valence-corrected chi connectivity index (χ2v) is 12.3. The number of nitrogens with one attached hydrogen (secondary N) is 1. The lowest BCUT2D eigenvalue weighted by Gasteiger charge is -2.34. The Balaban J connectivity index is 1.75. The number of aromatic nitrogens is 1. The Morgan fingerprint density at radius 1 is 1.16 bits per heavy atom. The first-order valence-corrected chi connectivity index (χ1v) is 12.5. The Morgan fingerprint density at radius 2 is 1.88 bits per heavy atom. The number of rotatable bonds is 8. The highest BCUT2D eigenvalue weighted by Gasteiger charge is 2.37. The van der Waals surface area contributed by atoms with E-state index in [9.17, 15) is 5.26 Å². The van der Waals surface area contributed by atoms with Gasteiger partial charge in [0, 0.05) is 11.6 Å². The van der Waals surface area contributed by atoms with E-state index in [-0.39, 0.29) is 12.1 Å². The molecule has 25 heavy (non-hydrogen) atoms. The first kappa shape index (κ1) is 18.4. The fraction of sp³-hybridized carbons (Fsp3) is 0.700. The minimum Gasteiger partial charge on any atom is -0.412 e. The Kier molecular flexibility index (Phi) is 5.80. The van der Waals surface area contributed by atoms with Crippen molar-refractivity contribution in [3.8, 4) is 6.07 Å². The van der Waals surface area contributed by atoms with Crippen molar-refractivity contribution in [1.82, 2.24) is 4.98 Å². The standard InChI is InChI=1S/C20H31N3OSi/c1-4-25(5-2,6-3)24-19-9-7-8-18(19)23-20-16(14-21)12-13-17(22-20)15-10-11-15/h12-13,15,18-19H,4-11H2,1-3H3,(H,22,23)/t18-,19+/m0/s1. The smallest absolute Gasteiger partial charge is 0.192 e. The van der Waals surface area contributed by atoms with Gasteiger partial charge < -0.3 is 9.74 Å². The average Bonchev–Trinajstić information content (AvgIpc) is 3.42. The van der Waals surface area contributed by atoms with Crippen LogP contribution in [0.3, 0.4) is 0 Å². The molecular weight excluding hydrogens is 326 g/mol. The van der Waals surface area contributed by atoms with E-state index in [0.29, 0.717) is 11.5 Å². The van der Waals surface area contributed by atoms with E-state index in [1.54, 1.807) is 0 Å². The van der Waals surface area contributed by atoms with Crippen LogP contribution in [0.2, 0.25) is 18.1 Å². The number of nitriles is 1. The SMILES string of the molecule is CC[Si](CC)(CC)O[C@@H]1CCC[C@@H]1Nc1nc(C2CC2)ccc1C#N. The zero-order valence-corrected chi connectivity index (χ0v) is 16.8. The molecule has 2 aliphatic rings. The molecule has 5 heteroatoms. The number of hydrogen-bond donors (Lipinski definition) is 1. The fourth-order valence-corrected chi connectivity index (χ4v) is 6.93. The minimum atomic E-state index is -1.61. The molecule has 0 bridgehead atoms. The third-order valence-corrected chi connectivity index (χ3v) is 10.8. The normalized spacial score (nSPS) is 23.4. The van der Waals surface area contributed by atoms with Gasteiger partial charge in [-0.15, -0.1) is 0 Å². The molecule has 0 aromatic carbocycles. The summed E-state index contributed by atoms with van der Waals surface area (Å²) in [6.45, 7) is 6.85. The molecule has 2 aliphatic carbocycles. The first-order chi connectivity index (χ1) is 12.1. The van der Waals surface area contributed by atoms with E-state index >= 15 is 0 Å². The largest absolute Gasteiger partial charge is 0.412 e. The molecule has 1 N–H and O–H groups in total. The van der Waals surface area contributed by atoms with Gasteiger partial charge in [-0.2, -0.15) is 5.26 Å².